The monoisotopic (exact) mass is 219 g/mol. The highest BCUT2D eigenvalue weighted by Crippen LogP contribution is 2.17. The lowest BCUT2D eigenvalue weighted by Gasteiger charge is -2.27. The Bertz CT molecular complexity index is 301. The molecule has 2 rings (SSSR count). The van der Waals surface area contributed by atoms with Gasteiger partial charge in [-0.3, -0.25) is 0 Å². The molecule has 1 saturated heterocycles. The second-order valence-corrected chi connectivity index (χ2v) is 4.35. The fourth-order valence-corrected chi connectivity index (χ4v) is 2.10. The predicted molar refractivity (Wildman–Crippen MR) is 67.7 cm³/mol. The Balaban J connectivity index is 1.95. The van der Waals surface area contributed by atoms with E-state index in [1.54, 1.807) is 0 Å². The van der Waals surface area contributed by atoms with Gasteiger partial charge in [0.25, 0.3) is 0 Å². The van der Waals surface area contributed by atoms with E-state index in [0.717, 1.165) is 18.9 Å². The molecule has 0 spiro atoms. The third kappa shape index (κ3) is 2.95. The number of anilines is 1. The molecule has 1 aliphatic heterocycles. The summed E-state index contributed by atoms with van der Waals surface area (Å²) in [5.74, 6) is 1.14. The number of hydrogen-bond donors (Lipinski definition) is 1. The minimum absolute atomic E-state index is 0.920. The Morgan fingerprint density at radius 3 is 2.69 bits per heavy atom. The Hall–Kier alpha value is -1.09. The molecule has 1 aliphatic rings. The van der Waals surface area contributed by atoms with Crippen LogP contribution in [0.3, 0.4) is 0 Å². The number of pyridine rings is 1. The highest BCUT2D eigenvalue weighted by molar-refractivity contribution is 5.39. The van der Waals surface area contributed by atoms with Gasteiger partial charge in [0.1, 0.15) is 5.82 Å². The van der Waals surface area contributed by atoms with Gasteiger partial charge in [-0.05, 0) is 37.4 Å². The van der Waals surface area contributed by atoms with Gasteiger partial charge in [0.2, 0.25) is 0 Å². The predicted octanol–water partition coefficient (Wildman–Crippen LogP) is 2.18. The van der Waals surface area contributed by atoms with Crippen LogP contribution >= 0.6 is 0 Å². The van der Waals surface area contributed by atoms with Crippen molar-refractivity contribution >= 4 is 5.82 Å². The van der Waals surface area contributed by atoms with Crippen LogP contribution < -0.4 is 10.2 Å². The van der Waals surface area contributed by atoms with Crippen molar-refractivity contribution in [2.75, 3.05) is 24.5 Å². The molecule has 3 heteroatoms. The van der Waals surface area contributed by atoms with Crippen LogP contribution in [0.4, 0.5) is 5.82 Å². The molecule has 2 heterocycles. The summed E-state index contributed by atoms with van der Waals surface area (Å²) < 4.78 is 0. The second kappa shape index (κ2) is 5.85. The zero-order chi connectivity index (χ0) is 11.2. The summed E-state index contributed by atoms with van der Waals surface area (Å²) in [6.07, 6.45) is 5.98. The molecule has 16 heavy (non-hydrogen) atoms. The molecule has 0 aliphatic carbocycles. The van der Waals surface area contributed by atoms with Crippen LogP contribution in [0.5, 0.6) is 0 Å². The van der Waals surface area contributed by atoms with Crippen molar-refractivity contribution in [2.24, 2.45) is 0 Å². The van der Waals surface area contributed by atoms with Crippen LogP contribution in [0.15, 0.2) is 18.3 Å². The van der Waals surface area contributed by atoms with Gasteiger partial charge in [-0.2, -0.15) is 0 Å². The van der Waals surface area contributed by atoms with E-state index in [1.165, 1.54) is 37.9 Å². The highest BCUT2D eigenvalue weighted by Gasteiger charge is 2.11. The van der Waals surface area contributed by atoms with Gasteiger partial charge >= 0.3 is 0 Å². The van der Waals surface area contributed by atoms with Crippen LogP contribution in [0.25, 0.3) is 0 Å². The van der Waals surface area contributed by atoms with Crippen LogP contribution in [-0.2, 0) is 6.54 Å². The van der Waals surface area contributed by atoms with Crippen molar-refractivity contribution in [1.29, 1.82) is 0 Å². The first-order chi connectivity index (χ1) is 7.90. The summed E-state index contributed by atoms with van der Waals surface area (Å²) in [6, 6.07) is 4.33. The van der Waals surface area contributed by atoms with E-state index in [1.807, 2.05) is 6.20 Å². The van der Waals surface area contributed by atoms with Crippen molar-refractivity contribution in [1.82, 2.24) is 10.3 Å². The fraction of sp³-hybridized carbons (Fsp3) is 0.615. The maximum atomic E-state index is 4.54. The maximum absolute atomic E-state index is 4.54. The normalized spacial score (nSPS) is 16.4. The molecule has 1 aromatic heterocycles. The summed E-state index contributed by atoms with van der Waals surface area (Å²) in [6.45, 7) is 6.38. The van der Waals surface area contributed by atoms with Crippen molar-refractivity contribution in [3.05, 3.63) is 23.9 Å². The second-order valence-electron chi connectivity index (χ2n) is 4.35. The van der Waals surface area contributed by atoms with Crippen LogP contribution in [0, 0.1) is 0 Å². The molecular formula is C13H21N3. The van der Waals surface area contributed by atoms with Crippen LogP contribution in [-0.4, -0.2) is 24.6 Å². The first-order valence-corrected chi connectivity index (χ1v) is 6.30. The van der Waals surface area contributed by atoms with E-state index in [9.17, 15) is 0 Å². The van der Waals surface area contributed by atoms with Crippen molar-refractivity contribution in [3.8, 4) is 0 Å². The lowest BCUT2D eigenvalue weighted by molar-refractivity contribution is 0.573. The third-order valence-corrected chi connectivity index (χ3v) is 3.07. The van der Waals surface area contributed by atoms with Crippen molar-refractivity contribution in [3.63, 3.8) is 0 Å². The minimum atomic E-state index is 0.920. The smallest absolute Gasteiger partial charge is 0.128 e. The molecule has 0 amide bonds. The Morgan fingerprint density at radius 2 is 2.06 bits per heavy atom. The largest absolute Gasteiger partial charge is 0.357 e. The fourth-order valence-electron chi connectivity index (χ4n) is 2.10. The quantitative estimate of drug-likeness (QED) is 0.841. The molecule has 0 aromatic carbocycles. The molecule has 0 atom stereocenters. The van der Waals surface area contributed by atoms with E-state index in [4.69, 9.17) is 0 Å². The number of aromatic nitrogens is 1. The topological polar surface area (TPSA) is 28.2 Å². The molecule has 1 fully saturated rings. The zero-order valence-electron chi connectivity index (χ0n) is 10.1. The van der Waals surface area contributed by atoms with Gasteiger partial charge in [0.15, 0.2) is 0 Å². The van der Waals surface area contributed by atoms with E-state index >= 15 is 0 Å². The number of rotatable bonds is 4. The van der Waals surface area contributed by atoms with Gasteiger partial charge < -0.3 is 10.2 Å². The Labute approximate surface area is 97.9 Å². The zero-order valence-corrected chi connectivity index (χ0v) is 10.1. The van der Waals surface area contributed by atoms with E-state index in [-0.39, 0.29) is 0 Å². The Morgan fingerprint density at radius 1 is 1.25 bits per heavy atom. The van der Waals surface area contributed by atoms with Gasteiger partial charge in [0, 0.05) is 25.8 Å². The standard InChI is InChI=1S/C13H21N3/c1-2-14-10-12-6-7-13(15-11-12)16-8-4-3-5-9-16/h6-7,11,14H,2-5,8-10H2,1H3. The average Bonchev–Trinajstić information content (AvgIpc) is 2.38. The van der Waals surface area contributed by atoms with Crippen LogP contribution in [0.2, 0.25) is 0 Å². The summed E-state index contributed by atoms with van der Waals surface area (Å²) in [7, 11) is 0. The number of hydrogen-bond acceptors (Lipinski definition) is 3. The van der Waals surface area contributed by atoms with Crippen LogP contribution in [0.1, 0.15) is 31.7 Å². The Kier molecular flexibility index (Phi) is 4.17. The molecule has 0 saturated carbocycles. The molecule has 88 valence electrons. The average molecular weight is 219 g/mol. The highest BCUT2D eigenvalue weighted by atomic mass is 15.2. The molecule has 3 nitrogen and oxygen atoms in total. The van der Waals surface area contributed by atoms with Crippen molar-refractivity contribution in [2.45, 2.75) is 32.7 Å². The number of nitrogens with one attached hydrogen (secondary N) is 1. The third-order valence-electron chi connectivity index (χ3n) is 3.07. The van der Waals surface area contributed by atoms with Crippen molar-refractivity contribution < 1.29 is 0 Å². The molecular weight excluding hydrogens is 198 g/mol. The molecule has 0 radical (unpaired) electrons. The van der Waals surface area contributed by atoms with Gasteiger partial charge in [-0.15, -0.1) is 0 Å². The van der Waals surface area contributed by atoms with Gasteiger partial charge in [-0.25, -0.2) is 4.98 Å². The minimum Gasteiger partial charge on any atom is -0.357 e. The number of piperidine rings is 1. The SMILES string of the molecule is CCNCc1ccc(N2CCCCC2)nc1. The summed E-state index contributed by atoms with van der Waals surface area (Å²) in [5.41, 5.74) is 1.27. The van der Waals surface area contributed by atoms with E-state index in [0.29, 0.717) is 0 Å². The summed E-state index contributed by atoms with van der Waals surface area (Å²) in [4.78, 5) is 6.93. The lowest BCUT2D eigenvalue weighted by atomic mass is 10.1. The molecule has 1 N–H and O–H groups in total. The molecule has 0 bridgehead atoms. The maximum Gasteiger partial charge on any atom is 0.128 e. The van der Waals surface area contributed by atoms with Gasteiger partial charge in [0.05, 0.1) is 0 Å². The summed E-state index contributed by atoms with van der Waals surface area (Å²) >= 11 is 0. The molecule has 0 unspecified atom stereocenters. The first kappa shape index (κ1) is 11.4. The first-order valence-electron chi connectivity index (χ1n) is 6.30. The number of nitrogens with zero attached hydrogens (tertiary/aromatic N) is 2. The van der Waals surface area contributed by atoms with E-state index < -0.39 is 0 Å². The van der Waals surface area contributed by atoms with Gasteiger partial charge in [-0.1, -0.05) is 13.0 Å². The summed E-state index contributed by atoms with van der Waals surface area (Å²) in [5, 5.41) is 3.31. The van der Waals surface area contributed by atoms with E-state index in [2.05, 4.69) is 34.3 Å². The lowest BCUT2D eigenvalue weighted by Crippen LogP contribution is -2.30. The molecule has 1 aromatic rings.